The third-order valence-electron chi connectivity index (χ3n) is 2.23. The molecule has 0 bridgehead atoms. The Morgan fingerprint density at radius 3 is 1.92 bits per heavy atom. The van der Waals surface area contributed by atoms with Crippen LogP contribution in [0.25, 0.3) is 0 Å². The van der Waals surface area contributed by atoms with Crippen LogP contribution in [0.5, 0.6) is 0 Å². The summed E-state index contributed by atoms with van der Waals surface area (Å²) in [5.41, 5.74) is 0. The lowest BCUT2D eigenvalue weighted by Gasteiger charge is -2.03. The van der Waals surface area contributed by atoms with Gasteiger partial charge in [0.25, 0.3) is 0 Å². The van der Waals surface area contributed by atoms with Crippen LogP contribution < -0.4 is 0 Å². The maximum absolute atomic E-state index is 8.99. The second kappa shape index (κ2) is 9.05. The van der Waals surface area contributed by atoms with Crippen molar-refractivity contribution in [2.45, 2.75) is 71.3 Å². The van der Waals surface area contributed by atoms with Crippen LogP contribution in [0.1, 0.15) is 65.2 Å². The van der Waals surface area contributed by atoms with Gasteiger partial charge < -0.3 is 5.11 Å². The highest BCUT2D eigenvalue weighted by molar-refractivity contribution is 4.49. The molecule has 0 radical (unpaired) electrons. The van der Waals surface area contributed by atoms with E-state index < -0.39 is 0 Å². The molecule has 0 rings (SSSR count). The SMILES string of the molecule is CCCCCCCCC[C@@H](C)O. The van der Waals surface area contributed by atoms with Gasteiger partial charge in [0.1, 0.15) is 0 Å². The summed E-state index contributed by atoms with van der Waals surface area (Å²) >= 11 is 0. The van der Waals surface area contributed by atoms with Gasteiger partial charge in [-0.15, -0.1) is 0 Å². The average Bonchev–Trinajstić information content (AvgIpc) is 2.02. The molecule has 74 valence electrons. The molecule has 0 aromatic rings. The minimum Gasteiger partial charge on any atom is -0.393 e. The molecule has 0 aliphatic carbocycles. The minimum absolute atomic E-state index is 0.0966. The van der Waals surface area contributed by atoms with Crippen molar-refractivity contribution < 1.29 is 5.11 Å². The zero-order valence-corrected chi connectivity index (χ0v) is 8.68. The average molecular weight is 172 g/mol. The van der Waals surface area contributed by atoms with E-state index in [-0.39, 0.29) is 6.10 Å². The Kier molecular flexibility index (Phi) is 9.02. The molecule has 0 aliphatic rings. The van der Waals surface area contributed by atoms with Crippen LogP contribution in [-0.2, 0) is 0 Å². The molecule has 0 aromatic carbocycles. The first-order valence-electron chi connectivity index (χ1n) is 5.45. The van der Waals surface area contributed by atoms with Crippen molar-refractivity contribution >= 4 is 0 Å². The van der Waals surface area contributed by atoms with Crippen LogP contribution in [0.4, 0.5) is 0 Å². The van der Waals surface area contributed by atoms with Gasteiger partial charge in [-0.3, -0.25) is 0 Å². The van der Waals surface area contributed by atoms with Crippen LogP contribution in [0.15, 0.2) is 0 Å². The van der Waals surface area contributed by atoms with Crippen LogP contribution in [0.2, 0.25) is 0 Å². The summed E-state index contributed by atoms with van der Waals surface area (Å²) in [5, 5.41) is 8.99. The third-order valence-corrected chi connectivity index (χ3v) is 2.23. The summed E-state index contributed by atoms with van der Waals surface area (Å²) in [6, 6.07) is 0. The molecule has 0 heterocycles. The molecule has 0 unspecified atom stereocenters. The summed E-state index contributed by atoms with van der Waals surface area (Å²) in [5.74, 6) is 0. The molecule has 0 saturated heterocycles. The molecule has 1 heteroatoms. The number of unbranched alkanes of at least 4 members (excludes halogenated alkanes) is 6. The van der Waals surface area contributed by atoms with Crippen molar-refractivity contribution in [1.82, 2.24) is 0 Å². The smallest absolute Gasteiger partial charge is 0.0512 e. The van der Waals surface area contributed by atoms with Gasteiger partial charge in [0.05, 0.1) is 6.10 Å². The Bertz CT molecular complexity index is 79.1. The number of aliphatic hydroxyl groups is 1. The lowest BCUT2D eigenvalue weighted by atomic mass is 10.1. The van der Waals surface area contributed by atoms with E-state index in [2.05, 4.69) is 6.92 Å². The largest absolute Gasteiger partial charge is 0.393 e. The Morgan fingerprint density at radius 2 is 1.42 bits per heavy atom. The van der Waals surface area contributed by atoms with E-state index in [1.165, 1.54) is 44.9 Å². The highest BCUT2D eigenvalue weighted by Crippen LogP contribution is 2.09. The second-order valence-corrected chi connectivity index (χ2v) is 3.76. The number of hydrogen-bond donors (Lipinski definition) is 1. The van der Waals surface area contributed by atoms with Crippen molar-refractivity contribution in [1.29, 1.82) is 0 Å². The van der Waals surface area contributed by atoms with Crippen molar-refractivity contribution in [3.05, 3.63) is 0 Å². The first kappa shape index (κ1) is 12.0. The fraction of sp³-hybridized carbons (Fsp3) is 1.00. The Labute approximate surface area is 77.2 Å². The van der Waals surface area contributed by atoms with E-state index in [1.807, 2.05) is 6.92 Å². The second-order valence-electron chi connectivity index (χ2n) is 3.76. The highest BCUT2D eigenvalue weighted by Gasteiger charge is 1.94. The van der Waals surface area contributed by atoms with Gasteiger partial charge in [0, 0.05) is 0 Å². The van der Waals surface area contributed by atoms with E-state index in [1.54, 1.807) is 0 Å². The number of aliphatic hydroxyl groups excluding tert-OH is 1. The van der Waals surface area contributed by atoms with Gasteiger partial charge in [0.15, 0.2) is 0 Å². The molecule has 1 atom stereocenters. The zero-order valence-electron chi connectivity index (χ0n) is 8.68. The predicted octanol–water partition coefficient (Wildman–Crippen LogP) is 3.51. The van der Waals surface area contributed by atoms with E-state index in [9.17, 15) is 0 Å². The van der Waals surface area contributed by atoms with Crippen LogP contribution in [0.3, 0.4) is 0 Å². The third kappa shape index (κ3) is 9.96. The molecule has 1 nitrogen and oxygen atoms in total. The highest BCUT2D eigenvalue weighted by atomic mass is 16.3. The topological polar surface area (TPSA) is 20.2 Å². The molecule has 0 saturated carbocycles. The standard InChI is InChI=1S/C11H24O/c1-3-4-5-6-7-8-9-10-11(2)12/h11-12H,3-10H2,1-2H3/t11-/m1/s1. The molecule has 0 aliphatic heterocycles. The minimum atomic E-state index is -0.0966. The Morgan fingerprint density at radius 1 is 0.917 bits per heavy atom. The van der Waals surface area contributed by atoms with E-state index in [4.69, 9.17) is 5.11 Å². The molecule has 0 aromatic heterocycles. The first-order chi connectivity index (χ1) is 5.77. The molecule has 12 heavy (non-hydrogen) atoms. The van der Waals surface area contributed by atoms with Gasteiger partial charge >= 0.3 is 0 Å². The van der Waals surface area contributed by atoms with Crippen molar-refractivity contribution in [2.75, 3.05) is 0 Å². The monoisotopic (exact) mass is 172 g/mol. The molecular formula is C11H24O. The summed E-state index contributed by atoms with van der Waals surface area (Å²) < 4.78 is 0. The van der Waals surface area contributed by atoms with Gasteiger partial charge in [-0.2, -0.15) is 0 Å². The fourth-order valence-electron chi connectivity index (χ4n) is 1.40. The Balaban J connectivity index is 2.82. The summed E-state index contributed by atoms with van der Waals surface area (Å²) in [7, 11) is 0. The lowest BCUT2D eigenvalue weighted by Crippen LogP contribution is -1.98. The van der Waals surface area contributed by atoms with E-state index >= 15 is 0 Å². The van der Waals surface area contributed by atoms with E-state index in [0.717, 1.165) is 6.42 Å². The van der Waals surface area contributed by atoms with E-state index in [0.29, 0.717) is 0 Å². The van der Waals surface area contributed by atoms with Crippen molar-refractivity contribution in [2.24, 2.45) is 0 Å². The molecular weight excluding hydrogens is 148 g/mol. The van der Waals surface area contributed by atoms with Gasteiger partial charge in [0.2, 0.25) is 0 Å². The molecule has 1 N–H and O–H groups in total. The van der Waals surface area contributed by atoms with Crippen molar-refractivity contribution in [3.8, 4) is 0 Å². The summed E-state index contributed by atoms with van der Waals surface area (Å²) in [6.45, 7) is 4.12. The maximum atomic E-state index is 8.99. The predicted molar refractivity (Wildman–Crippen MR) is 54.3 cm³/mol. The van der Waals surface area contributed by atoms with Gasteiger partial charge in [-0.05, 0) is 13.3 Å². The number of rotatable bonds is 8. The lowest BCUT2D eigenvalue weighted by molar-refractivity contribution is 0.180. The fourth-order valence-corrected chi connectivity index (χ4v) is 1.40. The van der Waals surface area contributed by atoms with Gasteiger partial charge in [-0.1, -0.05) is 51.9 Å². The maximum Gasteiger partial charge on any atom is 0.0512 e. The van der Waals surface area contributed by atoms with Crippen molar-refractivity contribution in [3.63, 3.8) is 0 Å². The molecule has 0 amide bonds. The van der Waals surface area contributed by atoms with Crippen LogP contribution in [0, 0.1) is 0 Å². The first-order valence-corrected chi connectivity index (χ1v) is 5.45. The normalized spacial score (nSPS) is 13.2. The zero-order chi connectivity index (χ0) is 9.23. The molecule has 0 fully saturated rings. The quantitative estimate of drug-likeness (QED) is 0.555. The Hall–Kier alpha value is -0.0400. The van der Waals surface area contributed by atoms with Crippen LogP contribution >= 0.6 is 0 Å². The van der Waals surface area contributed by atoms with Gasteiger partial charge in [-0.25, -0.2) is 0 Å². The van der Waals surface area contributed by atoms with Crippen LogP contribution in [-0.4, -0.2) is 11.2 Å². The number of hydrogen-bond acceptors (Lipinski definition) is 1. The summed E-state index contributed by atoms with van der Waals surface area (Å²) in [6.07, 6.45) is 10.2. The molecule has 0 spiro atoms. The summed E-state index contributed by atoms with van der Waals surface area (Å²) in [4.78, 5) is 0.